The molecule has 2 N–H and O–H groups in total. The van der Waals surface area contributed by atoms with Crippen LogP contribution in [0.25, 0.3) is 10.8 Å². The van der Waals surface area contributed by atoms with E-state index in [1.165, 1.54) is 6.21 Å². The molecule has 0 aliphatic carbocycles. The molecule has 4 rings (SSSR count). The molecule has 0 aromatic heterocycles. The molecular weight excluding hydrogens is 442 g/mol. The Hall–Kier alpha value is -4.65. The van der Waals surface area contributed by atoms with Gasteiger partial charge in [-0.2, -0.15) is 5.10 Å². The number of hydrogen-bond acceptors (Lipinski definition) is 5. The second-order valence-corrected chi connectivity index (χ2v) is 7.69. The molecule has 0 atom stereocenters. The molecule has 7 nitrogen and oxygen atoms in total. The lowest BCUT2D eigenvalue weighted by molar-refractivity contribution is -0.120. The Morgan fingerprint density at radius 2 is 1.66 bits per heavy atom. The van der Waals surface area contributed by atoms with Crippen molar-refractivity contribution in [3.8, 4) is 11.5 Å². The fraction of sp³-hybridized carbons (Fsp3) is 0.107. The maximum absolute atomic E-state index is 12.5. The molecule has 4 aromatic carbocycles. The van der Waals surface area contributed by atoms with E-state index in [0.29, 0.717) is 29.2 Å². The first-order valence-corrected chi connectivity index (χ1v) is 11.1. The molecule has 0 spiro atoms. The monoisotopic (exact) mass is 467 g/mol. The number of carbonyl (C=O) groups is 2. The summed E-state index contributed by atoms with van der Waals surface area (Å²) in [6, 6.07) is 28.3. The van der Waals surface area contributed by atoms with Gasteiger partial charge in [0.25, 0.3) is 11.8 Å². The lowest BCUT2D eigenvalue weighted by Crippen LogP contribution is -2.35. The standard InChI is InChI=1S/C28H25N3O4/c1-34-26-16-21(14-15-25(26)35-19-20-8-3-2-4-9-20)17-30-31-27(32)18-29-28(33)24-13-7-11-22-10-5-6-12-23(22)24/h2-17H,18-19H2,1H3,(H,29,33)(H,31,32)/b30-17-. The van der Waals surface area contributed by atoms with Crippen molar-refractivity contribution in [1.29, 1.82) is 0 Å². The van der Waals surface area contributed by atoms with Crippen molar-refractivity contribution in [2.45, 2.75) is 6.61 Å². The number of nitrogens with one attached hydrogen (secondary N) is 2. The molecule has 176 valence electrons. The van der Waals surface area contributed by atoms with E-state index in [0.717, 1.165) is 16.3 Å². The number of ether oxygens (including phenoxy) is 2. The van der Waals surface area contributed by atoms with Crippen molar-refractivity contribution < 1.29 is 19.1 Å². The Kier molecular flexibility index (Phi) is 7.70. The van der Waals surface area contributed by atoms with Gasteiger partial charge in [-0.25, -0.2) is 5.43 Å². The number of benzene rings is 4. The third-order valence-corrected chi connectivity index (χ3v) is 5.27. The van der Waals surface area contributed by atoms with Crippen molar-refractivity contribution in [3.05, 3.63) is 108 Å². The predicted molar refractivity (Wildman–Crippen MR) is 136 cm³/mol. The van der Waals surface area contributed by atoms with Crippen LogP contribution in [0.3, 0.4) is 0 Å². The third-order valence-electron chi connectivity index (χ3n) is 5.27. The lowest BCUT2D eigenvalue weighted by atomic mass is 10.0. The van der Waals surface area contributed by atoms with Crippen LogP contribution in [0.1, 0.15) is 21.5 Å². The van der Waals surface area contributed by atoms with Gasteiger partial charge in [0, 0.05) is 5.56 Å². The summed E-state index contributed by atoms with van der Waals surface area (Å²) in [6.07, 6.45) is 1.49. The molecule has 0 bridgehead atoms. The van der Waals surface area contributed by atoms with E-state index in [4.69, 9.17) is 9.47 Å². The van der Waals surface area contributed by atoms with Crippen LogP contribution in [0, 0.1) is 0 Å². The first-order chi connectivity index (χ1) is 17.1. The average Bonchev–Trinajstić information content (AvgIpc) is 2.91. The van der Waals surface area contributed by atoms with Gasteiger partial charge >= 0.3 is 0 Å². The molecule has 4 aromatic rings. The quantitative estimate of drug-likeness (QED) is 0.284. The number of rotatable bonds is 9. The highest BCUT2D eigenvalue weighted by atomic mass is 16.5. The van der Waals surface area contributed by atoms with E-state index in [1.807, 2.05) is 66.7 Å². The summed E-state index contributed by atoms with van der Waals surface area (Å²) in [6.45, 7) is 0.222. The van der Waals surface area contributed by atoms with Crippen LogP contribution in [-0.4, -0.2) is 31.7 Å². The van der Waals surface area contributed by atoms with Gasteiger partial charge in [-0.15, -0.1) is 0 Å². The van der Waals surface area contributed by atoms with Crippen molar-refractivity contribution in [1.82, 2.24) is 10.7 Å². The molecule has 0 saturated carbocycles. The second-order valence-electron chi connectivity index (χ2n) is 7.69. The molecule has 7 heteroatoms. The molecule has 0 saturated heterocycles. The van der Waals surface area contributed by atoms with Crippen LogP contribution in [0.5, 0.6) is 11.5 Å². The van der Waals surface area contributed by atoms with E-state index in [-0.39, 0.29) is 12.5 Å². The Morgan fingerprint density at radius 1 is 0.886 bits per heavy atom. The molecule has 2 amide bonds. The highest BCUT2D eigenvalue weighted by Crippen LogP contribution is 2.28. The van der Waals surface area contributed by atoms with Gasteiger partial charge < -0.3 is 14.8 Å². The lowest BCUT2D eigenvalue weighted by Gasteiger charge is -2.11. The van der Waals surface area contributed by atoms with E-state index in [1.54, 1.807) is 31.4 Å². The van der Waals surface area contributed by atoms with Crippen molar-refractivity contribution in [2.75, 3.05) is 13.7 Å². The molecule has 0 aliphatic rings. The zero-order valence-electron chi connectivity index (χ0n) is 19.2. The summed E-state index contributed by atoms with van der Waals surface area (Å²) in [5.74, 6) is 0.397. The summed E-state index contributed by atoms with van der Waals surface area (Å²) in [4.78, 5) is 24.7. The topological polar surface area (TPSA) is 89.0 Å². The maximum Gasteiger partial charge on any atom is 0.259 e. The van der Waals surface area contributed by atoms with Gasteiger partial charge in [-0.1, -0.05) is 66.7 Å². The maximum atomic E-state index is 12.5. The van der Waals surface area contributed by atoms with Crippen LogP contribution in [0.4, 0.5) is 0 Å². The summed E-state index contributed by atoms with van der Waals surface area (Å²) in [5.41, 5.74) is 4.70. The van der Waals surface area contributed by atoms with Gasteiger partial charge in [0.15, 0.2) is 11.5 Å². The van der Waals surface area contributed by atoms with Gasteiger partial charge in [0.2, 0.25) is 0 Å². The smallest absolute Gasteiger partial charge is 0.259 e. The Balaban J connectivity index is 1.29. The Labute approximate surface area is 203 Å². The highest BCUT2D eigenvalue weighted by Gasteiger charge is 2.11. The third kappa shape index (κ3) is 6.23. The normalized spacial score (nSPS) is 10.8. The summed E-state index contributed by atoms with van der Waals surface area (Å²) < 4.78 is 11.3. The number of fused-ring (bicyclic) bond motifs is 1. The zero-order valence-corrected chi connectivity index (χ0v) is 19.2. The van der Waals surface area contributed by atoms with E-state index < -0.39 is 5.91 Å². The largest absolute Gasteiger partial charge is 0.493 e. The summed E-state index contributed by atoms with van der Waals surface area (Å²) in [7, 11) is 1.56. The Morgan fingerprint density at radius 3 is 2.49 bits per heavy atom. The summed E-state index contributed by atoms with van der Waals surface area (Å²) >= 11 is 0. The molecular formula is C28H25N3O4. The molecule has 0 aliphatic heterocycles. The van der Waals surface area contributed by atoms with Crippen molar-refractivity contribution >= 4 is 28.8 Å². The predicted octanol–water partition coefficient (Wildman–Crippen LogP) is 4.31. The minimum Gasteiger partial charge on any atom is -0.493 e. The Bertz CT molecular complexity index is 1350. The first-order valence-electron chi connectivity index (χ1n) is 11.1. The first kappa shape index (κ1) is 23.5. The fourth-order valence-electron chi connectivity index (χ4n) is 3.52. The second kappa shape index (κ2) is 11.5. The SMILES string of the molecule is COc1cc(/C=N\NC(=O)CNC(=O)c2cccc3ccccc23)ccc1OCc1ccccc1. The van der Waals surface area contributed by atoms with Gasteiger partial charge in [0.1, 0.15) is 6.61 Å². The van der Waals surface area contributed by atoms with Gasteiger partial charge in [-0.3, -0.25) is 9.59 Å². The number of nitrogens with zero attached hydrogens (tertiary/aromatic N) is 1. The van der Waals surface area contributed by atoms with Crippen LogP contribution in [0.2, 0.25) is 0 Å². The van der Waals surface area contributed by atoms with E-state index in [2.05, 4.69) is 15.8 Å². The zero-order chi connectivity index (χ0) is 24.5. The average molecular weight is 468 g/mol. The number of amides is 2. The highest BCUT2D eigenvalue weighted by molar-refractivity contribution is 6.07. The van der Waals surface area contributed by atoms with Crippen molar-refractivity contribution in [2.24, 2.45) is 5.10 Å². The molecule has 0 heterocycles. The minimum atomic E-state index is -0.440. The van der Waals surface area contributed by atoms with Crippen LogP contribution < -0.4 is 20.2 Å². The van der Waals surface area contributed by atoms with Crippen LogP contribution >= 0.6 is 0 Å². The van der Waals surface area contributed by atoms with E-state index >= 15 is 0 Å². The van der Waals surface area contributed by atoms with Crippen LogP contribution in [0.15, 0.2) is 96.1 Å². The molecule has 0 unspecified atom stereocenters. The molecule has 35 heavy (non-hydrogen) atoms. The number of hydrogen-bond donors (Lipinski definition) is 2. The minimum absolute atomic E-state index is 0.199. The number of methoxy groups -OCH3 is 1. The van der Waals surface area contributed by atoms with Gasteiger partial charge in [-0.05, 0) is 46.2 Å². The molecule has 0 radical (unpaired) electrons. The van der Waals surface area contributed by atoms with Crippen molar-refractivity contribution in [3.63, 3.8) is 0 Å². The number of carbonyl (C=O) groups excluding carboxylic acids is 2. The number of hydrazone groups is 1. The van der Waals surface area contributed by atoms with Gasteiger partial charge in [0.05, 0.1) is 19.9 Å². The summed E-state index contributed by atoms with van der Waals surface area (Å²) in [5, 5.41) is 8.39. The van der Waals surface area contributed by atoms with E-state index in [9.17, 15) is 9.59 Å². The molecule has 0 fully saturated rings. The fourth-order valence-corrected chi connectivity index (χ4v) is 3.52. The van der Waals surface area contributed by atoms with Crippen LogP contribution in [-0.2, 0) is 11.4 Å².